The van der Waals surface area contributed by atoms with E-state index in [0.29, 0.717) is 25.1 Å². The topological polar surface area (TPSA) is 79.9 Å². The standard InChI is InChI=1S/C33H35N3O4/c1-4-36(35-28-15-19-29(39-3)20-16-28)33(38)31(34-32(37)27-12-8-9-24(2)21-27)22-25-13-17-30(18-14-25)40-23-26-10-6-5-7-11-26/h5-21,31,35H,4,22-23H2,1-3H3,(H,34,37). The Bertz CT molecular complexity index is 1390. The smallest absolute Gasteiger partial charge is 0.263 e. The summed E-state index contributed by atoms with van der Waals surface area (Å²) in [7, 11) is 1.60. The van der Waals surface area contributed by atoms with Crippen LogP contribution in [0.1, 0.15) is 34.0 Å². The lowest BCUT2D eigenvalue weighted by molar-refractivity contribution is -0.131. The van der Waals surface area contributed by atoms with Crippen molar-refractivity contribution in [3.05, 3.63) is 125 Å². The summed E-state index contributed by atoms with van der Waals surface area (Å²) in [6.07, 6.45) is 0.316. The molecule has 2 N–H and O–H groups in total. The summed E-state index contributed by atoms with van der Waals surface area (Å²) in [6, 6.07) is 31.4. The van der Waals surface area contributed by atoms with Crippen molar-refractivity contribution in [2.24, 2.45) is 0 Å². The number of rotatable bonds is 12. The first-order chi connectivity index (χ1) is 19.4. The van der Waals surface area contributed by atoms with Crippen LogP contribution >= 0.6 is 0 Å². The highest BCUT2D eigenvalue weighted by Gasteiger charge is 2.26. The molecule has 2 amide bonds. The highest BCUT2D eigenvalue weighted by atomic mass is 16.5. The second-order valence-corrected chi connectivity index (χ2v) is 9.44. The molecular formula is C33H35N3O4. The van der Waals surface area contributed by atoms with Crippen LogP contribution in [0, 0.1) is 6.92 Å². The Hall–Kier alpha value is -4.78. The molecule has 7 nitrogen and oxygen atoms in total. The summed E-state index contributed by atoms with van der Waals surface area (Å²) in [5, 5.41) is 4.48. The van der Waals surface area contributed by atoms with Crippen LogP contribution in [-0.4, -0.2) is 36.5 Å². The molecule has 0 aliphatic carbocycles. The molecular weight excluding hydrogens is 502 g/mol. The summed E-state index contributed by atoms with van der Waals surface area (Å²) in [5.41, 5.74) is 7.36. The zero-order chi connectivity index (χ0) is 28.3. The van der Waals surface area contributed by atoms with E-state index in [2.05, 4.69) is 10.7 Å². The number of hydrogen-bond acceptors (Lipinski definition) is 5. The Morgan fingerprint density at radius 3 is 2.17 bits per heavy atom. The summed E-state index contributed by atoms with van der Waals surface area (Å²) in [5.74, 6) is 0.907. The van der Waals surface area contributed by atoms with Crippen molar-refractivity contribution >= 4 is 17.5 Å². The molecule has 0 aromatic heterocycles. The van der Waals surface area contributed by atoms with Gasteiger partial charge in [0, 0.05) is 18.5 Å². The van der Waals surface area contributed by atoms with E-state index >= 15 is 0 Å². The van der Waals surface area contributed by atoms with Gasteiger partial charge in [-0.05, 0) is 73.5 Å². The number of nitrogens with zero attached hydrogens (tertiary/aromatic N) is 1. The number of likely N-dealkylation sites (N-methyl/N-ethyl adjacent to an activating group) is 1. The Labute approximate surface area is 235 Å². The molecule has 7 heteroatoms. The van der Waals surface area contributed by atoms with E-state index in [1.807, 2.05) is 111 Å². The summed E-state index contributed by atoms with van der Waals surface area (Å²) in [6.45, 7) is 4.68. The molecule has 4 rings (SSSR count). The average Bonchev–Trinajstić information content (AvgIpc) is 2.99. The number of benzene rings is 4. The number of carbonyl (C=O) groups excluding carboxylic acids is 2. The van der Waals surface area contributed by atoms with Crippen molar-refractivity contribution in [1.82, 2.24) is 10.3 Å². The predicted octanol–water partition coefficient (Wildman–Crippen LogP) is 5.80. The maximum atomic E-state index is 13.8. The third-order valence-electron chi connectivity index (χ3n) is 6.43. The number of anilines is 1. The number of amides is 2. The lowest BCUT2D eigenvalue weighted by Crippen LogP contribution is -2.51. The largest absolute Gasteiger partial charge is 0.497 e. The number of methoxy groups -OCH3 is 1. The fourth-order valence-corrected chi connectivity index (χ4v) is 4.23. The quantitative estimate of drug-likeness (QED) is 0.223. The predicted molar refractivity (Wildman–Crippen MR) is 157 cm³/mol. The number of carbonyl (C=O) groups is 2. The molecule has 0 radical (unpaired) electrons. The molecule has 0 bridgehead atoms. The zero-order valence-corrected chi connectivity index (χ0v) is 23.1. The second-order valence-electron chi connectivity index (χ2n) is 9.44. The van der Waals surface area contributed by atoms with Crippen LogP contribution in [0.4, 0.5) is 5.69 Å². The number of ether oxygens (including phenoxy) is 2. The molecule has 1 atom stereocenters. The van der Waals surface area contributed by atoms with Gasteiger partial charge in [-0.15, -0.1) is 0 Å². The van der Waals surface area contributed by atoms with Gasteiger partial charge in [-0.25, -0.2) is 0 Å². The van der Waals surface area contributed by atoms with Gasteiger partial charge in [0.15, 0.2) is 0 Å². The molecule has 0 heterocycles. The molecule has 206 valence electrons. The Morgan fingerprint density at radius 1 is 0.825 bits per heavy atom. The highest BCUT2D eigenvalue weighted by Crippen LogP contribution is 2.18. The normalized spacial score (nSPS) is 11.3. The monoisotopic (exact) mass is 537 g/mol. The van der Waals surface area contributed by atoms with Gasteiger partial charge >= 0.3 is 0 Å². The van der Waals surface area contributed by atoms with Crippen LogP contribution < -0.4 is 20.2 Å². The van der Waals surface area contributed by atoms with Crippen molar-refractivity contribution in [2.75, 3.05) is 19.1 Å². The third kappa shape index (κ3) is 7.86. The van der Waals surface area contributed by atoms with E-state index in [0.717, 1.165) is 33.9 Å². The number of nitrogens with one attached hydrogen (secondary N) is 2. The van der Waals surface area contributed by atoms with Crippen LogP contribution in [0.25, 0.3) is 0 Å². The molecule has 40 heavy (non-hydrogen) atoms. The molecule has 0 fully saturated rings. The molecule has 0 saturated heterocycles. The van der Waals surface area contributed by atoms with Crippen LogP contribution in [0.5, 0.6) is 11.5 Å². The van der Waals surface area contributed by atoms with E-state index < -0.39 is 6.04 Å². The molecule has 0 aliphatic heterocycles. The first kappa shape index (κ1) is 28.2. The fourth-order valence-electron chi connectivity index (χ4n) is 4.23. The molecule has 0 aliphatic rings. The van der Waals surface area contributed by atoms with E-state index in [-0.39, 0.29) is 11.8 Å². The third-order valence-corrected chi connectivity index (χ3v) is 6.43. The molecule has 4 aromatic rings. The lowest BCUT2D eigenvalue weighted by Gasteiger charge is -2.28. The minimum Gasteiger partial charge on any atom is -0.497 e. The minimum absolute atomic E-state index is 0.247. The second kappa shape index (κ2) is 13.8. The number of hydrogen-bond donors (Lipinski definition) is 2. The van der Waals surface area contributed by atoms with Crippen molar-refractivity contribution in [3.63, 3.8) is 0 Å². The Morgan fingerprint density at radius 2 is 1.52 bits per heavy atom. The zero-order valence-electron chi connectivity index (χ0n) is 23.1. The number of hydrazine groups is 1. The molecule has 0 saturated carbocycles. The fraction of sp³-hybridized carbons (Fsp3) is 0.212. The van der Waals surface area contributed by atoms with Gasteiger partial charge in [-0.2, -0.15) is 0 Å². The van der Waals surface area contributed by atoms with Crippen LogP contribution in [0.15, 0.2) is 103 Å². The van der Waals surface area contributed by atoms with Crippen LogP contribution in [-0.2, 0) is 17.8 Å². The maximum Gasteiger partial charge on any atom is 0.263 e. The van der Waals surface area contributed by atoms with Crippen molar-refractivity contribution in [1.29, 1.82) is 0 Å². The first-order valence-corrected chi connectivity index (χ1v) is 13.3. The van der Waals surface area contributed by atoms with Gasteiger partial charge in [-0.1, -0.05) is 60.2 Å². The number of aryl methyl sites for hydroxylation is 1. The van der Waals surface area contributed by atoms with E-state index in [1.54, 1.807) is 13.2 Å². The first-order valence-electron chi connectivity index (χ1n) is 13.3. The highest BCUT2D eigenvalue weighted by molar-refractivity contribution is 5.98. The Balaban J connectivity index is 1.50. The van der Waals surface area contributed by atoms with Gasteiger partial charge in [-0.3, -0.25) is 20.0 Å². The lowest BCUT2D eigenvalue weighted by atomic mass is 10.0. The van der Waals surface area contributed by atoms with E-state index in [1.165, 1.54) is 5.01 Å². The van der Waals surface area contributed by atoms with E-state index in [9.17, 15) is 9.59 Å². The summed E-state index contributed by atoms with van der Waals surface area (Å²) < 4.78 is 11.1. The summed E-state index contributed by atoms with van der Waals surface area (Å²) >= 11 is 0. The average molecular weight is 538 g/mol. The Kier molecular flexibility index (Phi) is 9.77. The van der Waals surface area contributed by atoms with E-state index in [4.69, 9.17) is 9.47 Å². The van der Waals surface area contributed by atoms with Gasteiger partial charge < -0.3 is 14.8 Å². The SMILES string of the molecule is CCN(Nc1ccc(OC)cc1)C(=O)C(Cc1ccc(OCc2ccccc2)cc1)NC(=O)c1cccc(C)c1. The molecule has 1 unspecified atom stereocenters. The van der Waals surface area contributed by atoms with Gasteiger partial charge in [0.25, 0.3) is 11.8 Å². The van der Waals surface area contributed by atoms with Crippen molar-refractivity contribution < 1.29 is 19.1 Å². The van der Waals surface area contributed by atoms with Crippen LogP contribution in [0.3, 0.4) is 0 Å². The maximum absolute atomic E-state index is 13.8. The van der Waals surface area contributed by atoms with Gasteiger partial charge in [0.2, 0.25) is 0 Å². The van der Waals surface area contributed by atoms with Crippen LogP contribution in [0.2, 0.25) is 0 Å². The minimum atomic E-state index is -0.796. The van der Waals surface area contributed by atoms with Crippen molar-refractivity contribution in [2.45, 2.75) is 32.9 Å². The summed E-state index contributed by atoms with van der Waals surface area (Å²) in [4.78, 5) is 26.9. The molecule has 0 spiro atoms. The molecule has 4 aromatic carbocycles. The van der Waals surface area contributed by atoms with Crippen molar-refractivity contribution in [3.8, 4) is 11.5 Å². The van der Waals surface area contributed by atoms with Gasteiger partial charge in [0.1, 0.15) is 24.1 Å². The van der Waals surface area contributed by atoms with Gasteiger partial charge in [0.05, 0.1) is 12.8 Å².